The zero-order valence-corrected chi connectivity index (χ0v) is 18.8. The lowest BCUT2D eigenvalue weighted by atomic mass is 10.2. The normalized spacial score (nSPS) is 10.8. The van der Waals surface area contributed by atoms with Crippen molar-refractivity contribution in [3.8, 4) is 11.5 Å². The number of hydrogen-bond acceptors (Lipinski definition) is 4. The third-order valence-corrected chi connectivity index (χ3v) is 5.21. The monoisotopic (exact) mass is 486 g/mol. The van der Waals surface area contributed by atoms with E-state index in [9.17, 15) is 4.79 Å². The Morgan fingerprint density at radius 2 is 1.80 bits per heavy atom. The first-order chi connectivity index (χ1) is 14.5. The molecule has 1 amide bonds. The van der Waals surface area contributed by atoms with Crippen LogP contribution in [0.3, 0.4) is 0 Å². The Hall–Kier alpha value is -2.83. The number of benzene rings is 3. The van der Waals surface area contributed by atoms with Crippen LogP contribution in [-0.2, 0) is 6.61 Å². The highest BCUT2D eigenvalue weighted by atomic mass is 79.9. The predicted octanol–water partition coefficient (Wildman–Crippen LogP) is 5.76. The molecule has 3 rings (SSSR count). The highest BCUT2D eigenvalue weighted by Gasteiger charge is 2.10. The number of ether oxygens (including phenoxy) is 2. The van der Waals surface area contributed by atoms with Crippen molar-refractivity contribution in [2.24, 2.45) is 5.10 Å². The summed E-state index contributed by atoms with van der Waals surface area (Å²) in [6.07, 6.45) is 1.53. The second-order valence-electron chi connectivity index (χ2n) is 6.50. The molecule has 0 bridgehead atoms. The lowest BCUT2D eigenvalue weighted by Gasteiger charge is -2.13. The van der Waals surface area contributed by atoms with Gasteiger partial charge in [-0.1, -0.05) is 41.4 Å². The summed E-state index contributed by atoms with van der Waals surface area (Å²) in [5.74, 6) is 0.840. The summed E-state index contributed by atoms with van der Waals surface area (Å²) in [6.45, 7) is 2.47. The second kappa shape index (κ2) is 10.3. The molecule has 3 aromatic carbocycles. The van der Waals surface area contributed by atoms with Gasteiger partial charge >= 0.3 is 0 Å². The number of hydrazone groups is 1. The molecule has 0 spiro atoms. The van der Waals surface area contributed by atoms with Crippen molar-refractivity contribution in [1.29, 1.82) is 0 Å². The van der Waals surface area contributed by atoms with Crippen LogP contribution in [-0.4, -0.2) is 19.2 Å². The van der Waals surface area contributed by atoms with E-state index in [-0.39, 0.29) is 5.91 Å². The maximum Gasteiger partial charge on any atom is 0.271 e. The molecule has 154 valence electrons. The number of nitrogens with zero attached hydrogens (tertiary/aromatic N) is 1. The third kappa shape index (κ3) is 5.84. The standard InChI is InChI=1S/C23H20BrClN2O3/c1-15-3-5-16(6-4-15)14-30-22-12-20(24)18(11-21(22)29-2)13-26-27-23(28)17-7-9-19(25)10-8-17/h3-13H,14H2,1-2H3,(H,27,28)/b26-13-. The second-order valence-corrected chi connectivity index (χ2v) is 7.80. The Morgan fingerprint density at radius 3 is 2.47 bits per heavy atom. The van der Waals surface area contributed by atoms with Crippen LogP contribution >= 0.6 is 27.5 Å². The van der Waals surface area contributed by atoms with E-state index in [2.05, 4.69) is 26.5 Å². The Labute approximate surface area is 188 Å². The molecular formula is C23H20BrClN2O3. The molecule has 0 fully saturated rings. The number of hydrogen-bond donors (Lipinski definition) is 1. The minimum Gasteiger partial charge on any atom is -0.493 e. The number of aryl methyl sites for hydroxylation is 1. The van der Waals surface area contributed by atoms with Crippen LogP contribution in [0.25, 0.3) is 0 Å². The summed E-state index contributed by atoms with van der Waals surface area (Å²) in [5.41, 5.74) is 5.95. The van der Waals surface area contributed by atoms with Crippen molar-refractivity contribution in [3.63, 3.8) is 0 Å². The maximum absolute atomic E-state index is 12.1. The van der Waals surface area contributed by atoms with Gasteiger partial charge in [-0.2, -0.15) is 5.10 Å². The molecule has 0 saturated carbocycles. The average Bonchev–Trinajstić information content (AvgIpc) is 2.75. The molecule has 0 radical (unpaired) electrons. The molecule has 0 saturated heterocycles. The smallest absolute Gasteiger partial charge is 0.271 e. The molecule has 1 N–H and O–H groups in total. The Balaban J connectivity index is 1.68. The number of methoxy groups -OCH3 is 1. The SMILES string of the molecule is COc1cc(/C=N\NC(=O)c2ccc(Cl)cc2)c(Br)cc1OCc1ccc(C)cc1. The molecule has 0 aromatic heterocycles. The number of nitrogens with one attached hydrogen (secondary N) is 1. The van der Waals surface area contributed by atoms with Crippen LogP contribution in [0.4, 0.5) is 0 Å². The van der Waals surface area contributed by atoms with E-state index in [0.717, 1.165) is 15.6 Å². The van der Waals surface area contributed by atoms with Crippen molar-refractivity contribution in [1.82, 2.24) is 5.43 Å². The van der Waals surface area contributed by atoms with Gasteiger partial charge in [0.1, 0.15) is 6.61 Å². The van der Waals surface area contributed by atoms with Crippen LogP contribution in [0.2, 0.25) is 5.02 Å². The highest BCUT2D eigenvalue weighted by molar-refractivity contribution is 9.10. The van der Waals surface area contributed by atoms with Gasteiger partial charge in [-0.15, -0.1) is 0 Å². The molecule has 0 aliphatic carbocycles. The van der Waals surface area contributed by atoms with Gasteiger partial charge in [-0.3, -0.25) is 4.79 Å². The maximum atomic E-state index is 12.1. The predicted molar refractivity (Wildman–Crippen MR) is 123 cm³/mol. The van der Waals surface area contributed by atoms with E-state index in [0.29, 0.717) is 28.7 Å². The van der Waals surface area contributed by atoms with E-state index in [4.69, 9.17) is 21.1 Å². The van der Waals surface area contributed by atoms with Crippen LogP contribution in [0.15, 0.2) is 70.2 Å². The minimum atomic E-state index is -0.330. The fraction of sp³-hybridized carbons (Fsp3) is 0.130. The Bertz CT molecular complexity index is 1050. The van der Waals surface area contributed by atoms with Crippen molar-refractivity contribution >= 4 is 39.7 Å². The number of rotatable bonds is 7. The van der Waals surface area contributed by atoms with Crippen LogP contribution in [0.5, 0.6) is 11.5 Å². The van der Waals surface area contributed by atoms with Crippen LogP contribution in [0.1, 0.15) is 27.0 Å². The quantitative estimate of drug-likeness (QED) is 0.340. The Kier molecular flexibility index (Phi) is 7.49. The van der Waals surface area contributed by atoms with Gasteiger partial charge in [0, 0.05) is 20.6 Å². The molecule has 0 aliphatic rings. The summed E-state index contributed by atoms with van der Waals surface area (Å²) in [7, 11) is 1.57. The number of carbonyl (C=O) groups excluding carboxylic acids is 1. The molecule has 3 aromatic rings. The van der Waals surface area contributed by atoms with Gasteiger partial charge in [-0.05, 0) is 64.8 Å². The minimum absolute atomic E-state index is 0.330. The molecule has 0 atom stereocenters. The third-order valence-electron chi connectivity index (χ3n) is 4.27. The molecular weight excluding hydrogens is 468 g/mol. The largest absolute Gasteiger partial charge is 0.493 e. The highest BCUT2D eigenvalue weighted by Crippen LogP contribution is 2.33. The van der Waals surface area contributed by atoms with Gasteiger partial charge < -0.3 is 9.47 Å². The lowest BCUT2D eigenvalue weighted by molar-refractivity contribution is 0.0955. The van der Waals surface area contributed by atoms with E-state index in [1.165, 1.54) is 11.8 Å². The van der Waals surface area contributed by atoms with Crippen molar-refractivity contribution in [2.75, 3.05) is 7.11 Å². The molecule has 30 heavy (non-hydrogen) atoms. The first-order valence-electron chi connectivity index (χ1n) is 9.11. The zero-order valence-electron chi connectivity index (χ0n) is 16.5. The van der Waals surface area contributed by atoms with E-state index >= 15 is 0 Å². The van der Waals surface area contributed by atoms with Gasteiger partial charge in [0.25, 0.3) is 5.91 Å². The van der Waals surface area contributed by atoms with Crippen LogP contribution < -0.4 is 14.9 Å². The summed E-state index contributed by atoms with van der Waals surface area (Å²) in [4.78, 5) is 12.1. The van der Waals surface area contributed by atoms with Gasteiger partial charge in [0.2, 0.25) is 0 Å². The lowest BCUT2D eigenvalue weighted by Crippen LogP contribution is -2.17. The number of amides is 1. The molecule has 0 heterocycles. The summed E-state index contributed by atoms with van der Waals surface area (Å²) >= 11 is 9.35. The first kappa shape index (κ1) is 21.9. The first-order valence-corrected chi connectivity index (χ1v) is 10.3. The topological polar surface area (TPSA) is 59.9 Å². The summed E-state index contributed by atoms with van der Waals surface area (Å²) < 4.78 is 12.1. The van der Waals surface area contributed by atoms with Gasteiger partial charge in [-0.25, -0.2) is 5.43 Å². The van der Waals surface area contributed by atoms with Gasteiger partial charge in [0.05, 0.1) is 13.3 Å². The fourth-order valence-corrected chi connectivity index (χ4v) is 3.14. The molecule has 5 nitrogen and oxygen atoms in total. The number of carbonyl (C=O) groups is 1. The van der Waals surface area contributed by atoms with E-state index in [1.807, 2.05) is 37.3 Å². The van der Waals surface area contributed by atoms with E-state index < -0.39 is 0 Å². The van der Waals surface area contributed by atoms with Crippen LogP contribution in [0, 0.1) is 6.92 Å². The summed E-state index contributed by atoms with van der Waals surface area (Å²) in [6, 6.07) is 18.3. The summed E-state index contributed by atoms with van der Waals surface area (Å²) in [5, 5.41) is 4.59. The van der Waals surface area contributed by atoms with E-state index in [1.54, 1.807) is 37.4 Å². The number of halogens is 2. The molecule has 0 aliphatic heterocycles. The molecule has 7 heteroatoms. The average molecular weight is 488 g/mol. The fourth-order valence-electron chi connectivity index (χ4n) is 2.59. The van der Waals surface area contributed by atoms with Crippen molar-refractivity contribution in [2.45, 2.75) is 13.5 Å². The van der Waals surface area contributed by atoms with Crippen molar-refractivity contribution < 1.29 is 14.3 Å². The molecule has 0 unspecified atom stereocenters. The zero-order chi connectivity index (χ0) is 21.5. The Morgan fingerprint density at radius 1 is 1.10 bits per heavy atom. The van der Waals surface area contributed by atoms with Gasteiger partial charge in [0.15, 0.2) is 11.5 Å². The van der Waals surface area contributed by atoms with Crippen molar-refractivity contribution in [3.05, 3.63) is 92.4 Å².